The number of hydrogen-bond acceptors (Lipinski definition) is 3. The van der Waals surface area contributed by atoms with Crippen molar-refractivity contribution in [2.45, 2.75) is 25.9 Å². The minimum Gasteiger partial charge on any atom is -0.388 e. The summed E-state index contributed by atoms with van der Waals surface area (Å²) in [5, 5.41) is 12.7. The molecule has 110 valence electrons. The van der Waals surface area contributed by atoms with Gasteiger partial charge in [0.2, 0.25) is 5.91 Å². The van der Waals surface area contributed by atoms with Crippen LogP contribution in [0.1, 0.15) is 24.5 Å². The predicted molar refractivity (Wildman–Crippen MR) is 80.3 cm³/mol. The van der Waals surface area contributed by atoms with Crippen LogP contribution in [0.15, 0.2) is 30.3 Å². The van der Waals surface area contributed by atoms with Crippen LogP contribution in [0.5, 0.6) is 0 Å². The van der Waals surface area contributed by atoms with E-state index in [1.54, 1.807) is 20.1 Å². The van der Waals surface area contributed by atoms with Crippen molar-refractivity contribution in [2.75, 3.05) is 20.3 Å². The molecule has 1 rings (SSSR count). The van der Waals surface area contributed by atoms with Crippen molar-refractivity contribution in [3.05, 3.63) is 41.5 Å². The first-order valence-electron chi connectivity index (χ1n) is 6.67. The molecule has 1 aromatic carbocycles. The lowest BCUT2D eigenvalue weighted by atomic mass is 10.0. The van der Waals surface area contributed by atoms with Crippen LogP contribution in [0.25, 0.3) is 6.08 Å². The number of aliphatic hydroxyl groups is 1. The fraction of sp³-hybridized carbons (Fsp3) is 0.438. The predicted octanol–water partition coefficient (Wildman–Crippen LogP) is 1.91. The summed E-state index contributed by atoms with van der Waals surface area (Å²) in [6.45, 7) is 4.35. The second kappa shape index (κ2) is 7.82. The van der Waals surface area contributed by atoms with E-state index in [4.69, 9.17) is 4.74 Å². The molecular formula is C16H23NO3. The molecule has 1 aromatic rings. The van der Waals surface area contributed by atoms with E-state index in [0.717, 1.165) is 5.56 Å². The Morgan fingerprint density at radius 2 is 2.05 bits per heavy atom. The largest absolute Gasteiger partial charge is 0.388 e. The maximum absolute atomic E-state index is 11.7. The highest BCUT2D eigenvalue weighted by molar-refractivity contribution is 5.91. The van der Waals surface area contributed by atoms with E-state index < -0.39 is 5.60 Å². The number of hydrogen-bond donors (Lipinski definition) is 2. The third kappa shape index (κ3) is 6.50. The summed E-state index contributed by atoms with van der Waals surface area (Å²) in [6, 6.07) is 7.89. The highest BCUT2D eigenvalue weighted by atomic mass is 16.5. The fourth-order valence-corrected chi connectivity index (χ4v) is 1.60. The van der Waals surface area contributed by atoms with Crippen LogP contribution in [0.3, 0.4) is 0 Å². The maximum Gasteiger partial charge on any atom is 0.244 e. The second-order valence-corrected chi connectivity index (χ2v) is 5.20. The highest BCUT2D eigenvalue weighted by Gasteiger charge is 2.20. The molecule has 0 aromatic heterocycles. The van der Waals surface area contributed by atoms with Crippen LogP contribution in [0.2, 0.25) is 0 Å². The number of aryl methyl sites for hydroxylation is 1. The molecule has 0 saturated carbocycles. The standard InChI is InChI=1S/C16H23NO3/c1-13-4-6-14(7-5-13)8-9-15(18)17-12-16(2,19)10-11-20-3/h4-9,19H,10-12H2,1-3H3,(H,17,18)/b9-8+. The van der Waals surface area contributed by atoms with E-state index in [9.17, 15) is 9.90 Å². The van der Waals surface area contributed by atoms with Crippen molar-refractivity contribution in [3.63, 3.8) is 0 Å². The van der Waals surface area contributed by atoms with Gasteiger partial charge in [0, 0.05) is 32.8 Å². The van der Waals surface area contributed by atoms with Crippen molar-refractivity contribution < 1.29 is 14.6 Å². The summed E-state index contributed by atoms with van der Waals surface area (Å²) in [7, 11) is 1.58. The molecule has 0 saturated heterocycles. The summed E-state index contributed by atoms with van der Waals surface area (Å²) in [6.07, 6.45) is 3.70. The average molecular weight is 277 g/mol. The van der Waals surface area contributed by atoms with Gasteiger partial charge >= 0.3 is 0 Å². The van der Waals surface area contributed by atoms with Crippen molar-refractivity contribution in [3.8, 4) is 0 Å². The van der Waals surface area contributed by atoms with E-state index >= 15 is 0 Å². The molecule has 0 spiro atoms. The summed E-state index contributed by atoms with van der Waals surface area (Å²) < 4.78 is 4.91. The monoisotopic (exact) mass is 277 g/mol. The Morgan fingerprint density at radius 1 is 1.40 bits per heavy atom. The summed E-state index contributed by atoms with van der Waals surface area (Å²) in [5.74, 6) is -0.219. The molecule has 0 fully saturated rings. The van der Waals surface area contributed by atoms with Gasteiger partial charge in [0.05, 0.1) is 5.60 Å². The first-order valence-corrected chi connectivity index (χ1v) is 6.67. The lowest BCUT2D eigenvalue weighted by Gasteiger charge is -2.22. The Balaban J connectivity index is 2.41. The Morgan fingerprint density at radius 3 is 2.65 bits per heavy atom. The normalized spacial score (nSPS) is 14.2. The van der Waals surface area contributed by atoms with E-state index in [0.29, 0.717) is 13.0 Å². The van der Waals surface area contributed by atoms with Crippen molar-refractivity contribution in [1.82, 2.24) is 5.32 Å². The molecule has 20 heavy (non-hydrogen) atoms. The third-order valence-electron chi connectivity index (χ3n) is 2.99. The molecule has 0 aliphatic heterocycles. The Bertz CT molecular complexity index is 449. The topological polar surface area (TPSA) is 58.6 Å². The van der Waals surface area contributed by atoms with Crippen LogP contribution in [0, 0.1) is 6.92 Å². The van der Waals surface area contributed by atoms with Crippen LogP contribution in [-0.4, -0.2) is 36.9 Å². The average Bonchev–Trinajstić information content (AvgIpc) is 2.42. The Kier molecular flexibility index (Phi) is 6.42. The van der Waals surface area contributed by atoms with Gasteiger partial charge in [-0.1, -0.05) is 29.8 Å². The molecule has 1 amide bonds. The van der Waals surface area contributed by atoms with Gasteiger partial charge in [-0.25, -0.2) is 0 Å². The van der Waals surface area contributed by atoms with Gasteiger partial charge < -0.3 is 15.2 Å². The number of ether oxygens (including phenoxy) is 1. The number of methoxy groups -OCH3 is 1. The Hall–Kier alpha value is -1.65. The van der Waals surface area contributed by atoms with Crippen molar-refractivity contribution in [1.29, 1.82) is 0 Å². The van der Waals surface area contributed by atoms with Gasteiger partial charge in [-0.05, 0) is 25.5 Å². The van der Waals surface area contributed by atoms with E-state index in [1.165, 1.54) is 11.6 Å². The molecule has 1 unspecified atom stereocenters. The SMILES string of the molecule is COCCC(C)(O)CNC(=O)/C=C/c1ccc(C)cc1. The molecule has 4 heteroatoms. The maximum atomic E-state index is 11.7. The lowest BCUT2D eigenvalue weighted by molar-refractivity contribution is -0.117. The Labute approximate surface area is 120 Å². The van der Waals surface area contributed by atoms with Gasteiger partial charge in [0.25, 0.3) is 0 Å². The van der Waals surface area contributed by atoms with Crippen LogP contribution >= 0.6 is 0 Å². The van der Waals surface area contributed by atoms with E-state index in [-0.39, 0.29) is 12.5 Å². The number of amides is 1. The minimum atomic E-state index is -0.955. The van der Waals surface area contributed by atoms with E-state index in [2.05, 4.69) is 5.32 Å². The first-order chi connectivity index (χ1) is 9.43. The zero-order chi connectivity index (χ0) is 15.0. The zero-order valence-electron chi connectivity index (χ0n) is 12.3. The van der Waals surface area contributed by atoms with Gasteiger partial charge in [-0.3, -0.25) is 4.79 Å². The van der Waals surface area contributed by atoms with Crippen molar-refractivity contribution >= 4 is 12.0 Å². The highest BCUT2D eigenvalue weighted by Crippen LogP contribution is 2.08. The molecule has 0 bridgehead atoms. The van der Waals surface area contributed by atoms with Crippen LogP contribution in [0.4, 0.5) is 0 Å². The number of benzene rings is 1. The molecule has 4 nitrogen and oxygen atoms in total. The number of nitrogens with one attached hydrogen (secondary N) is 1. The number of carbonyl (C=O) groups excluding carboxylic acids is 1. The third-order valence-corrected chi connectivity index (χ3v) is 2.99. The van der Waals surface area contributed by atoms with Gasteiger partial charge in [0.15, 0.2) is 0 Å². The van der Waals surface area contributed by atoms with Gasteiger partial charge in [-0.15, -0.1) is 0 Å². The lowest BCUT2D eigenvalue weighted by Crippen LogP contribution is -2.40. The van der Waals surface area contributed by atoms with Crippen LogP contribution < -0.4 is 5.32 Å². The van der Waals surface area contributed by atoms with Crippen LogP contribution in [-0.2, 0) is 9.53 Å². The zero-order valence-corrected chi connectivity index (χ0v) is 12.3. The number of carbonyl (C=O) groups is 1. The smallest absolute Gasteiger partial charge is 0.244 e. The molecule has 2 N–H and O–H groups in total. The summed E-state index contributed by atoms with van der Waals surface area (Å²) in [4.78, 5) is 11.7. The molecule has 1 atom stereocenters. The molecule has 0 heterocycles. The van der Waals surface area contributed by atoms with Gasteiger partial charge in [0.1, 0.15) is 0 Å². The fourth-order valence-electron chi connectivity index (χ4n) is 1.60. The van der Waals surface area contributed by atoms with Crippen molar-refractivity contribution in [2.24, 2.45) is 0 Å². The molecular weight excluding hydrogens is 254 g/mol. The molecule has 0 aliphatic carbocycles. The van der Waals surface area contributed by atoms with Gasteiger partial charge in [-0.2, -0.15) is 0 Å². The molecule has 0 aliphatic rings. The summed E-state index contributed by atoms with van der Waals surface area (Å²) in [5.41, 5.74) is 1.20. The second-order valence-electron chi connectivity index (χ2n) is 5.20. The minimum absolute atomic E-state index is 0.202. The summed E-state index contributed by atoms with van der Waals surface area (Å²) >= 11 is 0. The van der Waals surface area contributed by atoms with E-state index in [1.807, 2.05) is 31.2 Å². The number of rotatable bonds is 7. The quantitative estimate of drug-likeness (QED) is 0.749. The first kappa shape index (κ1) is 16.4. The molecule has 0 radical (unpaired) electrons.